The molecule has 1 aromatic carbocycles. The van der Waals surface area contributed by atoms with Crippen LogP contribution in [0.1, 0.15) is 6.92 Å². The molecule has 0 fully saturated rings. The van der Waals surface area contributed by atoms with Crippen LogP contribution in [0.5, 0.6) is 0 Å². The van der Waals surface area contributed by atoms with Crippen molar-refractivity contribution in [3.63, 3.8) is 0 Å². The Morgan fingerprint density at radius 2 is 2.12 bits per heavy atom. The van der Waals surface area contributed by atoms with Crippen molar-refractivity contribution in [2.75, 3.05) is 13.6 Å². The third-order valence-corrected chi connectivity index (χ3v) is 4.09. The number of hydrogen-bond donors (Lipinski definition) is 2. The van der Waals surface area contributed by atoms with Gasteiger partial charge in [0.25, 0.3) is 0 Å². The molecule has 0 spiro atoms. The SMILES string of the molecule is CNC(C)CNS(=O)(=O)c1cccc(Br)c1. The highest BCUT2D eigenvalue weighted by Gasteiger charge is 2.14. The minimum atomic E-state index is -3.41. The smallest absolute Gasteiger partial charge is 0.240 e. The molecule has 1 aromatic rings. The summed E-state index contributed by atoms with van der Waals surface area (Å²) in [4.78, 5) is 0.269. The van der Waals surface area contributed by atoms with Gasteiger partial charge in [0, 0.05) is 17.1 Å². The molecule has 0 saturated heterocycles. The summed E-state index contributed by atoms with van der Waals surface area (Å²) in [5.41, 5.74) is 0. The highest BCUT2D eigenvalue weighted by molar-refractivity contribution is 9.10. The second kappa shape index (κ2) is 5.77. The van der Waals surface area contributed by atoms with Crippen LogP contribution >= 0.6 is 15.9 Å². The number of benzene rings is 1. The Bertz CT molecular complexity index is 448. The Balaban J connectivity index is 2.78. The van der Waals surface area contributed by atoms with Gasteiger partial charge in [-0.3, -0.25) is 0 Å². The van der Waals surface area contributed by atoms with Crippen molar-refractivity contribution in [2.45, 2.75) is 17.9 Å². The van der Waals surface area contributed by atoms with Crippen LogP contribution < -0.4 is 10.0 Å². The van der Waals surface area contributed by atoms with Gasteiger partial charge in [-0.05, 0) is 32.2 Å². The van der Waals surface area contributed by atoms with Crippen molar-refractivity contribution < 1.29 is 8.42 Å². The molecule has 0 aliphatic carbocycles. The van der Waals surface area contributed by atoms with E-state index in [9.17, 15) is 8.42 Å². The van der Waals surface area contributed by atoms with E-state index >= 15 is 0 Å². The highest BCUT2D eigenvalue weighted by atomic mass is 79.9. The van der Waals surface area contributed by atoms with E-state index in [0.29, 0.717) is 6.54 Å². The van der Waals surface area contributed by atoms with E-state index in [1.54, 1.807) is 31.3 Å². The van der Waals surface area contributed by atoms with Crippen LogP contribution in [0.2, 0.25) is 0 Å². The second-order valence-corrected chi connectivity index (χ2v) is 6.18. The van der Waals surface area contributed by atoms with Crippen molar-refractivity contribution in [1.29, 1.82) is 0 Å². The molecule has 0 heterocycles. The summed E-state index contributed by atoms with van der Waals surface area (Å²) in [6.45, 7) is 2.27. The molecule has 0 aliphatic heterocycles. The number of hydrogen-bond acceptors (Lipinski definition) is 3. The van der Waals surface area contributed by atoms with Crippen molar-refractivity contribution >= 4 is 26.0 Å². The standard InChI is InChI=1S/C10H15BrN2O2S/c1-8(12-2)7-13-16(14,15)10-5-3-4-9(11)6-10/h3-6,8,12-13H,7H2,1-2H3. The van der Waals surface area contributed by atoms with Crippen LogP contribution in [-0.2, 0) is 10.0 Å². The van der Waals surface area contributed by atoms with E-state index < -0.39 is 10.0 Å². The van der Waals surface area contributed by atoms with Gasteiger partial charge in [-0.15, -0.1) is 0 Å². The van der Waals surface area contributed by atoms with E-state index in [-0.39, 0.29) is 10.9 Å². The Morgan fingerprint density at radius 3 is 2.69 bits per heavy atom. The minimum absolute atomic E-state index is 0.0990. The van der Waals surface area contributed by atoms with Gasteiger partial charge in [0.15, 0.2) is 0 Å². The minimum Gasteiger partial charge on any atom is -0.316 e. The lowest BCUT2D eigenvalue weighted by Gasteiger charge is -2.11. The molecular formula is C10H15BrN2O2S. The number of likely N-dealkylation sites (N-methyl/N-ethyl adjacent to an activating group) is 1. The number of nitrogens with one attached hydrogen (secondary N) is 2. The zero-order valence-electron chi connectivity index (χ0n) is 9.20. The van der Waals surface area contributed by atoms with E-state index in [4.69, 9.17) is 0 Å². The summed E-state index contributed by atoms with van der Waals surface area (Å²) in [7, 11) is -1.62. The fraction of sp³-hybridized carbons (Fsp3) is 0.400. The normalized spacial score (nSPS) is 13.7. The average molecular weight is 307 g/mol. The summed E-state index contributed by atoms with van der Waals surface area (Å²) in [6.07, 6.45) is 0. The zero-order chi connectivity index (χ0) is 12.2. The first-order chi connectivity index (χ1) is 7.45. The lowest BCUT2D eigenvalue weighted by molar-refractivity contribution is 0.554. The van der Waals surface area contributed by atoms with Crippen molar-refractivity contribution in [3.05, 3.63) is 28.7 Å². The van der Waals surface area contributed by atoms with Crippen LogP contribution in [-0.4, -0.2) is 28.1 Å². The van der Waals surface area contributed by atoms with E-state index in [2.05, 4.69) is 26.0 Å². The topological polar surface area (TPSA) is 58.2 Å². The van der Waals surface area contributed by atoms with E-state index in [1.165, 1.54) is 0 Å². The van der Waals surface area contributed by atoms with Gasteiger partial charge in [-0.25, -0.2) is 13.1 Å². The molecule has 0 radical (unpaired) electrons. The monoisotopic (exact) mass is 306 g/mol. The molecule has 0 amide bonds. The van der Waals surface area contributed by atoms with Gasteiger partial charge in [-0.1, -0.05) is 22.0 Å². The Kier molecular flexibility index (Phi) is 4.91. The summed E-state index contributed by atoms with van der Waals surface area (Å²) >= 11 is 3.24. The maximum absolute atomic E-state index is 11.8. The molecule has 0 aromatic heterocycles. The van der Waals surface area contributed by atoms with Crippen molar-refractivity contribution in [2.24, 2.45) is 0 Å². The van der Waals surface area contributed by atoms with E-state index in [1.807, 2.05) is 6.92 Å². The predicted octanol–water partition coefficient (Wildman–Crippen LogP) is 1.34. The fourth-order valence-electron chi connectivity index (χ4n) is 1.05. The second-order valence-electron chi connectivity index (χ2n) is 3.50. The van der Waals surface area contributed by atoms with Crippen LogP contribution in [0.25, 0.3) is 0 Å². The lowest BCUT2D eigenvalue weighted by atomic mass is 10.4. The Morgan fingerprint density at radius 1 is 1.44 bits per heavy atom. The molecule has 2 N–H and O–H groups in total. The average Bonchev–Trinajstić information content (AvgIpc) is 2.26. The molecule has 0 saturated carbocycles. The van der Waals surface area contributed by atoms with Crippen molar-refractivity contribution in [1.82, 2.24) is 10.0 Å². The molecule has 90 valence electrons. The first kappa shape index (κ1) is 13.6. The molecular weight excluding hydrogens is 292 g/mol. The molecule has 1 atom stereocenters. The first-order valence-corrected chi connectivity index (χ1v) is 7.16. The molecule has 0 aliphatic rings. The van der Waals surface area contributed by atoms with Gasteiger partial charge >= 0.3 is 0 Å². The van der Waals surface area contributed by atoms with Crippen LogP contribution in [0.3, 0.4) is 0 Å². The summed E-state index contributed by atoms with van der Waals surface area (Å²) in [6, 6.07) is 6.72. The maximum atomic E-state index is 11.8. The third kappa shape index (κ3) is 3.86. The molecule has 6 heteroatoms. The molecule has 4 nitrogen and oxygen atoms in total. The highest BCUT2D eigenvalue weighted by Crippen LogP contribution is 2.15. The molecule has 1 unspecified atom stereocenters. The fourth-order valence-corrected chi connectivity index (χ4v) is 2.78. The predicted molar refractivity (Wildman–Crippen MR) is 67.9 cm³/mol. The van der Waals surface area contributed by atoms with Gasteiger partial charge in [0.05, 0.1) is 4.90 Å². The van der Waals surface area contributed by atoms with Gasteiger partial charge < -0.3 is 5.32 Å². The van der Waals surface area contributed by atoms with Crippen LogP contribution in [0, 0.1) is 0 Å². The number of halogens is 1. The lowest BCUT2D eigenvalue weighted by Crippen LogP contribution is -2.37. The van der Waals surface area contributed by atoms with Gasteiger partial charge in [-0.2, -0.15) is 0 Å². The Hall–Kier alpha value is -0.430. The summed E-state index contributed by atoms with van der Waals surface area (Å²) in [5, 5.41) is 2.96. The van der Waals surface area contributed by atoms with E-state index in [0.717, 1.165) is 4.47 Å². The van der Waals surface area contributed by atoms with Crippen LogP contribution in [0.15, 0.2) is 33.6 Å². The number of rotatable bonds is 5. The van der Waals surface area contributed by atoms with Gasteiger partial charge in [0.1, 0.15) is 0 Å². The Labute approximate surface area is 105 Å². The quantitative estimate of drug-likeness (QED) is 0.863. The van der Waals surface area contributed by atoms with Crippen LogP contribution in [0.4, 0.5) is 0 Å². The maximum Gasteiger partial charge on any atom is 0.240 e. The number of sulfonamides is 1. The first-order valence-electron chi connectivity index (χ1n) is 4.88. The summed E-state index contributed by atoms with van der Waals surface area (Å²) < 4.78 is 27.0. The molecule has 0 bridgehead atoms. The summed E-state index contributed by atoms with van der Waals surface area (Å²) in [5.74, 6) is 0. The van der Waals surface area contributed by atoms with Gasteiger partial charge in [0.2, 0.25) is 10.0 Å². The largest absolute Gasteiger partial charge is 0.316 e. The molecule has 16 heavy (non-hydrogen) atoms. The zero-order valence-corrected chi connectivity index (χ0v) is 11.6. The molecule has 1 rings (SSSR count). The van der Waals surface area contributed by atoms with Crippen molar-refractivity contribution in [3.8, 4) is 0 Å². The third-order valence-electron chi connectivity index (χ3n) is 2.18.